The molecule has 6 fully saturated rings. The zero-order valence-electron chi connectivity index (χ0n) is 42.0. The van der Waals surface area contributed by atoms with Gasteiger partial charge in [-0.3, -0.25) is 0 Å². The number of rotatable bonds is 5. The van der Waals surface area contributed by atoms with Crippen LogP contribution in [-0.4, -0.2) is 11.4 Å². The van der Waals surface area contributed by atoms with Gasteiger partial charge in [-0.05, 0) is 205 Å². The monoisotopic (exact) mass is 992 g/mol. The van der Waals surface area contributed by atoms with Gasteiger partial charge in [0.15, 0.2) is 0 Å². The van der Waals surface area contributed by atoms with Crippen molar-refractivity contribution in [1.29, 1.82) is 0 Å². The van der Waals surface area contributed by atoms with Crippen molar-refractivity contribution in [2.75, 3.05) is 4.81 Å². The van der Waals surface area contributed by atoms with Crippen molar-refractivity contribution in [3.8, 4) is 27.9 Å². The van der Waals surface area contributed by atoms with Gasteiger partial charge in [-0.2, -0.15) is 0 Å². The van der Waals surface area contributed by atoms with Gasteiger partial charge in [-0.1, -0.05) is 128 Å². The Morgan fingerprint density at radius 3 is 1.96 bits per heavy atom. The summed E-state index contributed by atoms with van der Waals surface area (Å²) in [7, 11) is 0. The molecule has 2 atom stereocenters. The van der Waals surface area contributed by atoms with Gasteiger partial charge >= 0.3 is 6.85 Å². The van der Waals surface area contributed by atoms with Crippen LogP contribution in [0.3, 0.4) is 0 Å². The van der Waals surface area contributed by atoms with E-state index in [0.29, 0.717) is 0 Å². The molecule has 0 radical (unpaired) electrons. The number of anilines is 2. The second-order valence-electron chi connectivity index (χ2n) is 24.6. The first-order chi connectivity index (χ1) is 36.4. The summed E-state index contributed by atoms with van der Waals surface area (Å²) in [6.07, 6.45) is 16.6. The molecule has 3 aliphatic heterocycles. The van der Waals surface area contributed by atoms with Crippen molar-refractivity contribution in [2.45, 2.75) is 114 Å². The van der Waals surface area contributed by atoms with Gasteiger partial charge in [-0.15, -0.1) is 0 Å². The number of benzene rings is 8. The Hall–Kier alpha value is -6.08. The van der Waals surface area contributed by atoms with Gasteiger partial charge in [0.2, 0.25) is 0 Å². The average Bonchev–Trinajstić information content (AvgIpc) is 4.12. The predicted molar refractivity (Wildman–Crippen MR) is 309 cm³/mol. The van der Waals surface area contributed by atoms with Crippen molar-refractivity contribution in [1.82, 2.24) is 4.57 Å². The van der Waals surface area contributed by atoms with Gasteiger partial charge < -0.3 is 13.8 Å². The molecule has 3 nitrogen and oxygen atoms in total. The van der Waals surface area contributed by atoms with Crippen LogP contribution in [0.5, 0.6) is 0 Å². The molecule has 0 saturated heterocycles. The van der Waals surface area contributed by atoms with E-state index >= 15 is 0 Å². The van der Waals surface area contributed by atoms with Crippen LogP contribution in [0.1, 0.15) is 95.1 Å². The molecule has 5 heterocycles. The minimum atomic E-state index is -0.0946. The molecule has 360 valence electrons. The summed E-state index contributed by atoms with van der Waals surface area (Å²) < 4.78 is 10.1. The molecule has 0 amide bonds. The van der Waals surface area contributed by atoms with Crippen LogP contribution >= 0.6 is 23.5 Å². The molecule has 6 saturated carbocycles. The Labute approximate surface area is 442 Å². The maximum Gasteiger partial charge on any atom is 0.333 e. The molecule has 0 spiro atoms. The van der Waals surface area contributed by atoms with Crippen molar-refractivity contribution >= 4 is 96.4 Å². The van der Waals surface area contributed by atoms with Crippen molar-refractivity contribution in [2.24, 2.45) is 29.6 Å². The fourth-order valence-corrected chi connectivity index (χ4v) is 20.3. The molecular weight excluding hydrogens is 936 g/mol. The molecule has 8 aromatic carbocycles. The highest BCUT2D eigenvalue weighted by Crippen LogP contribution is 2.62. The molecule has 0 N–H and O–H groups in total. The lowest BCUT2D eigenvalue weighted by atomic mass is 9.42. The molecule has 19 rings (SSSR count). The lowest BCUT2D eigenvalue weighted by Gasteiger charge is -2.57. The predicted octanol–water partition coefficient (Wildman–Crippen LogP) is 17.5. The highest BCUT2D eigenvalue weighted by Gasteiger charge is 2.53. The summed E-state index contributed by atoms with van der Waals surface area (Å²) in [6.45, 7) is 2.41. The molecule has 6 heteroatoms. The third kappa shape index (κ3) is 5.75. The lowest BCUT2D eigenvalue weighted by Crippen LogP contribution is -2.61. The van der Waals surface area contributed by atoms with E-state index < -0.39 is 0 Å². The van der Waals surface area contributed by atoms with Crippen molar-refractivity contribution in [3.05, 3.63) is 163 Å². The zero-order valence-corrected chi connectivity index (χ0v) is 43.6. The standard InChI is InChI=1S/C68H57BN2OS2/c1-2-67(34-39-16-17-40(24-39)35-67)46-20-23-55-50(28-46)51-29-47(68-36-41-25-42(37-68)27-43(26-41)38-68)30-54-65(51)70(55)57-31-52-49-12-6-7-13-58(49)72-66(52)63-53-32-61-62(74-60-15-9-8-14-59(60)73-61)33-56(53)71(69(54)64(57)63)48-21-18-45(19-22-48)44-10-4-3-5-11-44/h3-15,18-23,28-33,39-43H,2,16-17,24-27,34-38H2,1H3. The van der Waals surface area contributed by atoms with E-state index in [1.807, 2.05) is 23.5 Å². The number of aromatic nitrogens is 1. The third-order valence-corrected chi connectivity index (χ3v) is 23.3. The first-order valence-electron chi connectivity index (χ1n) is 28.1. The summed E-state index contributed by atoms with van der Waals surface area (Å²) in [5, 5.41) is 5.31. The zero-order chi connectivity index (χ0) is 48.2. The summed E-state index contributed by atoms with van der Waals surface area (Å²) in [5.74, 6) is 4.30. The van der Waals surface area contributed by atoms with Crippen LogP contribution in [0.15, 0.2) is 176 Å². The molecule has 6 bridgehead atoms. The van der Waals surface area contributed by atoms with E-state index in [1.54, 1.807) is 11.1 Å². The van der Waals surface area contributed by atoms with Gasteiger partial charge in [0.05, 0.1) is 11.0 Å². The molecule has 6 aliphatic carbocycles. The summed E-state index contributed by atoms with van der Waals surface area (Å²) in [6, 6.07) is 59.4. The summed E-state index contributed by atoms with van der Waals surface area (Å²) in [4.78, 5) is 8.08. The number of hydrogen-bond donors (Lipinski definition) is 0. The van der Waals surface area contributed by atoms with Crippen LogP contribution in [-0.2, 0) is 10.8 Å². The van der Waals surface area contributed by atoms with Crippen LogP contribution in [0.2, 0.25) is 0 Å². The fraction of sp³-hybridized carbons (Fsp3) is 0.294. The second kappa shape index (κ2) is 15.1. The number of nitrogens with zero attached hydrogens (tertiary/aromatic N) is 2. The Morgan fingerprint density at radius 1 is 0.554 bits per heavy atom. The van der Waals surface area contributed by atoms with E-state index in [0.717, 1.165) is 40.8 Å². The number of hydrogen-bond acceptors (Lipinski definition) is 4. The molecule has 2 unspecified atom stereocenters. The Morgan fingerprint density at radius 2 is 1.22 bits per heavy atom. The maximum atomic E-state index is 7.29. The summed E-state index contributed by atoms with van der Waals surface area (Å²) >= 11 is 3.85. The minimum Gasteiger partial charge on any atom is -0.455 e. The molecule has 10 aromatic rings. The Bertz CT molecular complexity index is 4030. The topological polar surface area (TPSA) is 21.3 Å². The van der Waals surface area contributed by atoms with Gasteiger partial charge in [-0.25, -0.2) is 0 Å². The molecule has 74 heavy (non-hydrogen) atoms. The van der Waals surface area contributed by atoms with Crippen LogP contribution in [0.4, 0.5) is 11.4 Å². The Kier molecular flexibility index (Phi) is 8.59. The normalized spacial score (nSPS) is 26.5. The fourth-order valence-electron chi connectivity index (χ4n) is 18.1. The van der Waals surface area contributed by atoms with Gasteiger partial charge in [0, 0.05) is 69.3 Å². The second-order valence-corrected chi connectivity index (χ2v) is 26.8. The van der Waals surface area contributed by atoms with Gasteiger partial charge in [0.1, 0.15) is 11.2 Å². The smallest absolute Gasteiger partial charge is 0.333 e. The summed E-state index contributed by atoms with van der Waals surface area (Å²) in [5.41, 5.74) is 20.0. The van der Waals surface area contributed by atoms with E-state index in [-0.39, 0.29) is 17.7 Å². The van der Waals surface area contributed by atoms with Crippen molar-refractivity contribution < 1.29 is 4.42 Å². The molecule has 2 aromatic heterocycles. The number of para-hydroxylation sites is 1. The minimum absolute atomic E-state index is 0.0946. The average molecular weight is 993 g/mol. The highest BCUT2D eigenvalue weighted by atomic mass is 32.2. The van der Waals surface area contributed by atoms with Crippen LogP contribution in [0.25, 0.3) is 71.7 Å². The third-order valence-electron chi connectivity index (χ3n) is 20.7. The largest absolute Gasteiger partial charge is 0.455 e. The quantitative estimate of drug-likeness (QED) is 0.160. The van der Waals surface area contributed by atoms with Crippen molar-refractivity contribution in [3.63, 3.8) is 0 Å². The first kappa shape index (κ1) is 42.2. The van der Waals surface area contributed by atoms with Crippen LogP contribution < -0.4 is 15.7 Å². The Balaban J connectivity index is 0.969. The first-order valence-corrected chi connectivity index (χ1v) is 29.8. The highest BCUT2D eigenvalue weighted by molar-refractivity contribution is 8.05. The molecular formula is C68H57BN2OS2. The number of fused-ring (bicyclic) bond motifs is 15. The van der Waals surface area contributed by atoms with E-state index in [4.69, 9.17) is 4.42 Å². The molecule has 9 aliphatic rings. The van der Waals surface area contributed by atoms with Crippen LogP contribution in [0, 0.1) is 29.6 Å². The van der Waals surface area contributed by atoms with Gasteiger partial charge in [0.25, 0.3) is 0 Å². The van der Waals surface area contributed by atoms with E-state index in [9.17, 15) is 0 Å². The lowest BCUT2D eigenvalue weighted by molar-refractivity contribution is -0.00509. The van der Waals surface area contributed by atoms with E-state index in [2.05, 4.69) is 168 Å². The number of furan rings is 1. The maximum absolute atomic E-state index is 7.29. The van der Waals surface area contributed by atoms with E-state index in [1.165, 1.54) is 179 Å². The SMILES string of the molecule is CCC1(c2ccc3c(c2)c2cc(C45CC6CC(CC(C6)C4)C5)cc4c2n3-c2cc3c(oc5ccccc53)c3c2B4N(c2ccc(-c4ccccc4)cc2)c2cc4c(cc2-3)Sc2ccccc2S4)CC2CCC(C2)C1.